The van der Waals surface area contributed by atoms with Crippen LogP contribution in [-0.4, -0.2) is 11.1 Å². The van der Waals surface area contributed by atoms with E-state index in [2.05, 4.69) is 21.2 Å². The number of aromatic carboxylic acids is 1. The summed E-state index contributed by atoms with van der Waals surface area (Å²) in [4.78, 5) is 11.3. The van der Waals surface area contributed by atoms with E-state index < -0.39 is 5.97 Å². The van der Waals surface area contributed by atoms with E-state index in [0.29, 0.717) is 5.69 Å². The number of hydrogen-bond acceptors (Lipinski definition) is 2. The first-order valence-electron chi connectivity index (χ1n) is 6.34. The summed E-state index contributed by atoms with van der Waals surface area (Å²) in [5.41, 5.74) is 3.23. The van der Waals surface area contributed by atoms with Crippen molar-refractivity contribution in [3.8, 4) is 0 Å². The number of carbonyl (C=O) groups is 1. The van der Waals surface area contributed by atoms with Crippen LogP contribution in [0.3, 0.4) is 0 Å². The van der Waals surface area contributed by atoms with Gasteiger partial charge in [-0.1, -0.05) is 40.2 Å². The molecule has 2 aromatic rings. The van der Waals surface area contributed by atoms with E-state index in [1.165, 1.54) is 5.56 Å². The fourth-order valence-electron chi connectivity index (χ4n) is 2.20. The van der Waals surface area contributed by atoms with Crippen LogP contribution in [0.2, 0.25) is 0 Å². The van der Waals surface area contributed by atoms with Crippen LogP contribution in [0.15, 0.2) is 46.9 Å². The van der Waals surface area contributed by atoms with Gasteiger partial charge in [-0.2, -0.15) is 0 Å². The molecule has 1 atom stereocenters. The van der Waals surface area contributed by atoms with Crippen LogP contribution in [0.25, 0.3) is 0 Å². The summed E-state index contributed by atoms with van der Waals surface area (Å²) in [7, 11) is 0. The van der Waals surface area contributed by atoms with E-state index in [1.807, 2.05) is 44.2 Å². The molecule has 4 heteroatoms. The molecule has 20 heavy (non-hydrogen) atoms. The second kappa shape index (κ2) is 6.09. The first kappa shape index (κ1) is 14.6. The van der Waals surface area contributed by atoms with Crippen LogP contribution in [0.1, 0.15) is 34.5 Å². The molecule has 2 N–H and O–H groups in total. The number of carboxylic acids is 1. The largest absolute Gasteiger partial charge is 0.478 e. The number of aryl methyl sites for hydroxylation is 1. The zero-order chi connectivity index (χ0) is 14.7. The third-order valence-electron chi connectivity index (χ3n) is 3.24. The molecule has 0 radical (unpaired) electrons. The third kappa shape index (κ3) is 3.20. The van der Waals surface area contributed by atoms with E-state index in [1.54, 1.807) is 12.1 Å². The Morgan fingerprint density at radius 2 is 1.95 bits per heavy atom. The Kier molecular flexibility index (Phi) is 4.45. The van der Waals surface area contributed by atoms with Crippen molar-refractivity contribution in [3.05, 3.63) is 63.6 Å². The molecule has 0 fully saturated rings. The molecule has 0 bridgehead atoms. The Morgan fingerprint density at radius 1 is 1.25 bits per heavy atom. The maximum atomic E-state index is 11.3. The van der Waals surface area contributed by atoms with Gasteiger partial charge in [0.15, 0.2) is 0 Å². The Morgan fingerprint density at radius 3 is 2.60 bits per heavy atom. The number of benzene rings is 2. The fraction of sp³-hybridized carbons (Fsp3) is 0.188. The van der Waals surface area contributed by atoms with Crippen molar-refractivity contribution < 1.29 is 9.90 Å². The van der Waals surface area contributed by atoms with Gasteiger partial charge < -0.3 is 10.4 Å². The lowest BCUT2D eigenvalue weighted by Gasteiger charge is -2.19. The van der Waals surface area contributed by atoms with Gasteiger partial charge in [-0.15, -0.1) is 0 Å². The summed E-state index contributed by atoms with van der Waals surface area (Å²) >= 11 is 3.30. The van der Waals surface area contributed by atoms with Gasteiger partial charge in [0.2, 0.25) is 0 Å². The van der Waals surface area contributed by atoms with E-state index >= 15 is 0 Å². The van der Waals surface area contributed by atoms with Crippen LogP contribution in [0.4, 0.5) is 5.69 Å². The topological polar surface area (TPSA) is 49.3 Å². The number of halogens is 1. The lowest BCUT2D eigenvalue weighted by atomic mass is 10.0. The lowest BCUT2D eigenvalue weighted by Crippen LogP contribution is -2.11. The molecule has 0 heterocycles. The highest BCUT2D eigenvalue weighted by Gasteiger charge is 2.14. The van der Waals surface area contributed by atoms with Crippen molar-refractivity contribution >= 4 is 27.6 Å². The van der Waals surface area contributed by atoms with Crippen LogP contribution in [0, 0.1) is 6.92 Å². The minimum Gasteiger partial charge on any atom is -0.478 e. The van der Waals surface area contributed by atoms with Gasteiger partial charge in [-0.25, -0.2) is 4.79 Å². The molecule has 0 amide bonds. The molecule has 0 aromatic heterocycles. The molecule has 0 aliphatic heterocycles. The average molecular weight is 334 g/mol. The van der Waals surface area contributed by atoms with Gasteiger partial charge in [-0.05, 0) is 43.2 Å². The Balaban J connectivity index is 2.31. The van der Waals surface area contributed by atoms with E-state index in [0.717, 1.165) is 10.0 Å². The van der Waals surface area contributed by atoms with Gasteiger partial charge in [-0.3, -0.25) is 0 Å². The molecular weight excluding hydrogens is 318 g/mol. The zero-order valence-corrected chi connectivity index (χ0v) is 12.9. The van der Waals surface area contributed by atoms with Gasteiger partial charge in [0.25, 0.3) is 0 Å². The highest BCUT2D eigenvalue weighted by Crippen LogP contribution is 2.26. The van der Waals surface area contributed by atoms with Gasteiger partial charge in [0.1, 0.15) is 0 Å². The number of hydrogen-bond donors (Lipinski definition) is 2. The SMILES string of the molecule is Cc1ccccc1C(C)Nc1ccc(Br)cc1C(=O)O. The van der Waals surface area contributed by atoms with Gasteiger partial charge in [0, 0.05) is 16.2 Å². The van der Waals surface area contributed by atoms with Crippen LogP contribution >= 0.6 is 15.9 Å². The predicted molar refractivity (Wildman–Crippen MR) is 84.3 cm³/mol. The second-order valence-electron chi connectivity index (χ2n) is 4.72. The second-order valence-corrected chi connectivity index (χ2v) is 5.63. The molecule has 2 aromatic carbocycles. The minimum absolute atomic E-state index is 0.0375. The van der Waals surface area contributed by atoms with Crippen LogP contribution in [0.5, 0.6) is 0 Å². The lowest BCUT2D eigenvalue weighted by molar-refractivity contribution is 0.0698. The number of carboxylic acid groups (broad SMARTS) is 1. The monoisotopic (exact) mass is 333 g/mol. The molecule has 0 aliphatic carbocycles. The van der Waals surface area contributed by atoms with Crippen molar-refractivity contribution in [1.29, 1.82) is 0 Å². The van der Waals surface area contributed by atoms with Crippen molar-refractivity contribution in [3.63, 3.8) is 0 Å². The number of nitrogens with one attached hydrogen (secondary N) is 1. The maximum Gasteiger partial charge on any atom is 0.337 e. The predicted octanol–water partition coefficient (Wildman–Crippen LogP) is 4.63. The van der Waals surface area contributed by atoms with Gasteiger partial charge >= 0.3 is 5.97 Å². The molecule has 0 aliphatic rings. The fourth-order valence-corrected chi connectivity index (χ4v) is 2.56. The molecule has 2 rings (SSSR count). The highest BCUT2D eigenvalue weighted by molar-refractivity contribution is 9.10. The van der Waals surface area contributed by atoms with Crippen molar-refractivity contribution in [1.82, 2.24) is 0 Å². The normalized spacial score (nSPS) is 11.9. The quantitative estimate of drug-likeness (QED) is 0.857. The number of anilines is 1. The third-order valence-corrected chi connectivity index (χ3v) is 3.73. The molecular formula is C16H16BrNO2. The van der Waals surface area contributed by atoms with Gasteiger partial charge in [0.05, 0.1) is 5.56 Å². The summed E-state index contributed by atoms with van der Waals surface area (Å²) < 4.78 is 0.754. The average Bonchev–Trinajstić information content (AvgIpc) is 2.41. The Hall–Kier alpha value is -1.81. The minimum atomic E-state index is -0.939. The molecule has 0 saturated carbocycles. The molecule has 3 nitrogen and oxygen atoms in total. The maximum absolute atomic E-state index is 11.3. The summed E-state index contributed by atoms with van der Waals surface area (Å²) in [5.74, 6) is -0.939. The van der Waals surface area contributed by atoms with Crippen LogP contribution < -0.4 is 5.32 Å². The van der Waals surface area contributed by atoms with Crippen molar-refractivity contribution in [2.45, 2.75) is 19.9 Å². The first-order chi connectivity index (χ1) is 9.49. The number of rotatable bonds is 4. The standard InChI is InChI=1S/C16H16BrNO2/c1-10-5-3-4-6-13(10)11(2)18-15-8-7-12(17)9-14(15)16(19)20/h3-9,11,18H,1-2H3,(H,19,20). The van der Waals surface area contributed by atoms with E-state index in [4.69, 9.17) is 0 Å². The Labute approximate surface area is 126 Å². The molecule has 104 valence electrons. The van der Waals surface area contributed by atoms with Crippen LogP contribution in [-0.2, 0) is 0 Å². The Bertz CT molecular complexity index is 640. The summed E-state index contributed by atoms with van der Waals surface area (Å²) in [6.07, 6.45) is 0. The summed E-state index contributed by atoms with van der Waals surface area (Å²) in [6.45, 7) is 4.07. The summed E-state index contributed by atoms with van der Waals surface area (Å²) in [6, 6.07) is 13.3. The van der Waals surface area contributed by atoms with E-state index in [-0.39, 0.29) is 11.6 Å². The summed E-state index contributed by atoms with van der Waals surface area (Å²) in [5, 5.41) is 12.5. The van der Waals surface area contributed by atoms with Crippen molar-refractivity contribution in [2.24, 2.45) is 0 Å². The smallest absolute Gasteiger partial charge is 0.337 e. The highest BCUT2D eigenvalue weighted by atomic mass is 79.9. The first-order valence-corrected chi connectivity index (χ1v) is 7.13. The molecule has 1 unspecified atom stereocenters. The zero-order valence-electron chi connectivity index (χ0n) is 11.4. The molecule has 0 saturated heterocycles. The van der Waals surface area contributed by atoms with E-state index in [9.17, 15) is 9.90 Å². The molecule has 0 spiro atoms. The van der Waals surface area contributed by atoms with Crippen molar-refractivity contribution in [2.75, 3.05) is 5.32 Å².